The van der Waals surface area contributed by atoms with Crippen molar-refractivity contribution in [1.82, 2.24) is 4.90 Å². The molecule has 0 radical (unpaired) electrons. The van der Waals surface area contributed by atoms with Crippen LogP contribution in [0.1, 0.15) is 26.2 Å². The average Bonchev–Trinajstić information content (AvgIpc) is 2.39. The van der Waals surface area contributed by atoms with Gasteiger partial charge >= 0.3 is 12.0 Å². The van der Waals surface area contributed by atoms with Crippen LogP contribution in [0.5, 0.6) is 0 Å². The second-order valence-electron chi connectivity index (χ2n) is 5.13. The molecule has 5 nitrogen and oxygen atoms in total. The lowest BCUT2D eigenvalue weighted by atomic mass is 9.89. The minimum absolute atomic E-state index is 0.313. The number of hydrogen-bond donors (Lipinski definition) is 2. The summed E-state index contributed by atoms with van der Waals surface area (Å²) in [5.41, 5.74) is -0.899. The third-order valence-corrected chi connectivity index (χ3v) is 3.67. The number of carboxylic acids is 1. The predicted molar refractivity (Wildman–Crippen MR) is 72.0 cm³/mol. The highest BCUT2D eigenvalue weighted by atomic mass is 19.1. The molecule has 0 saturated carbocycles. The zero-order chi connectivity index (χ0) is 14.8. The van der Waals surface area contributed by atoms with Crippen LogP contribution in [-0.4, -0.2) is 34.1 Å². The van der Waals surface area contributed by atoms with Crippen molar-refractivity contribution in [1.29, 1.82) is 0 Å². The molecule has 108 valence electrons. The van der Waals surface area contributed by atoms with Gasteiger partial charge in [-0.15, -0.1) is 0 Å². The summed E-state index contributed by atoms with van der Waals surface area (Å²) in [5.74, 6) is -1.48. The molecule has 6 heteroatoms. The van der Waals surface area contributed by atoms with E-state index in [1.54, 1.807) is 13.0 Å². The first-order valence-electron chi connectivity index (χ1n) is 6.51. The molecule has 20 heavy (non-hydrogen) atoms. The highest BCUT2D eigenvalue weighted by Crippen LogP contribution is 2.29. The smallest absolute Gasteiger partial charge is 0.329 e. The molecule has 1 aromatic carbocycles. The highest BCUT2D eigenvalue weighted by molar-refractivity contribution is 5.94. The Kier molecular flexibility index (Phi) is 3.92. The number of likely N-dealkylation sites (tertiary alicyclic amines) is 1. The molecular weight excluding hydrogens is 263 g/mol. The van der Waals surface area contributed by atoms with Crippen molar-refractivity contribution < 1.29 is 19.1 Å². The van der Waals surface area contributed by atoms with Crippen LogP contribution in [0.3, 0.4) is 0 Å². The normalized spacial score (nSPS) is 22.4. The van der Waals surface area contributed by atoms with E-state index in [0.717, 1.165) is 12.8 Å². The number of nitrogens with zero attached hydrogens (tertiary/aromatic N) is 1. The van der Waals surface area contributed by atoms with Gasteiger partial charge in [0.25, 0.3) is 0 Å². The standard InChI is InChI=1S/C14H17FN2O3/c1-14(12(18)19)7-2-3-8-17(14)13(20)16-11-6-4-5-10(15)9-11/h4-6,9H,2-3,7-8H2,1H3,(H,16,20)(H,18,19). The Bertz CT molecular complexity index is 535. The zero-order valence-corrected chi connectivity index (χ0v) is 11.2. The number of nitrogens with one attached hydrogen (secondary N) is 1. The lowest BCUT2D eigenvalue weighted by Gasteiger charge is -2.41. The summed E-state index contributed by atoms with van der Waals surface area (Å²) < 4.78 is 13.1. The Morgan fingerprint density at radius 2 is 2.15 bits per heavy atom. The van der Waals surface area contributed by atoms with Gasteiger partial charge in [-0.3, -0.25) is 0 Å². The summed E-state index contributed by atoms with van der Waals surface area (Å²) in [6, 6.07) is 5.00. The number of amides is 2. The van der Waals surface area contributed by atoms with Gasteiger partial charge in [-0.2, -0.15) is 0 Å². The number of carboxylic acid groups (broad SMARTS) is 1. The second-order valence-corrected chi connectivity index (χ2v) is 5.13. The van der Waals surface area contributed by atoms with Crippen molar-refractivity contribution in [3.8, 4) is 0 Å². The summed E-state index contributed by atoms with van der Waals surface area (Å²) in [7, 11) is 0. The van der Waals surface area contributed by atoms with E-state index in [4.69, 9.17) is 0 Å². The van der Waals surface area contributed by atoms with Gasteiger partial charge in [0.05, 0.1) is 0 Å². The van der Waals surface area contributed by atoms with Crippen LogP contribution < -0.4 is 5.32 Å². The summed E-state index contributed by atoms with van der Waals surface area (Å²) in [4.78, 5) is 25.0. The Morgan fingerprint density at radius 1 is 1.40 bits per heavy atom. The second kappa shape index (κ2) is 5.48. The fourth-order valence-electron chi connectivity index (χ4n) is 2.43. The summed E-state index contributed by atoms with van der Waals surface area (Å²) in [6.07, 6.45) is 1.95. The topological polar surface area (TPSA) is 69.6 Å². The number of benzene rings is 1. The number of rotatable bonds is 2. The number of hydrogen-bond acceptors (Lipinski definition) is 2. The molecule has 0 aliphatic carbocycles. The fraction of sp³-hybridized carbons (Fsp3) is 0.429. The van der Waals surface area contributed by atoms with Crippen molar-refractivity contribution in [2.24, 2.45) is 0 Å². The molecule has 1 unspecified atom stereocenters. The van der Waals surface area contributed by atoms with Gasteiger partial charge in [-0.25, -0.2) is 14.0 Å². The minimum Gasteiger partial charge on any atom is -0.480 e. The molecule has 1 saturated heterocycles. The van der Waals surface area contributed by atoms with E-state index in [0.29, 0.717) is 18.7 Å². The maximum absolute atomic E-state index is 13.1. The van der Waals surface area contributed by atoms with E-state index >= 15 is 0 Å². The summed E-state index contributed by atoms with van der Waals surface area (Å²) in [5, 5.41) is 11.9. The number of carbonyl (C=O) groups is 2. The average molecular weight is 280 g/mol. The number of halogens is 1. The van der Waals surface area contributed by atoms with E-state index in [1.807, 2.05) is 0 Å². The van der Waals surface area contributed by atoms with E-state index in [2.05, 4.69) is 5.32 Å². The number of carbonyl (C=O) groups excluding carboxylic acids is 1. The summed E-state index contributed by atoms with van der Waals surface area (Å²) in [6.45, 7) is 1.92. The minimum atomic E-state index is -1.21. The maximum Gasteiger partial charge on any atom is 0.329 e. The predicted octanol–water partition coefficient (Wildman–Crippen LogP) is 2.69. The number of piperidine rings is 1. The number of anilines is 1. The van der Waals surface area contributed by atoms with Crippen LogP contribution >= 0.6 is 0 Å². The van der Waals surface area contributed by atoms with E-state index in [9.17, 15) is 19.1 Å². The van der Waals surface area contributed by atoms with Gasteiger partial charge in [0.15, 0.2) is 0 Å². The molecule has 2 amide bonds. The molecular formula is C14H17FN2O3. The number of aliphatic carboxylic acids is 1. The van der Waals surface area contributed by atoms with Crippen LogP contribution in [0.15, 0.2) is 24.3 Å². The molecule has 1 aliphatic heterocycles. The zero-order valence-electron chi connectivity index (χ0n) is 11.2. The van der Waals surface area contributed by atoms with Crippen LogP contribution in [0, 0.1) is 5.82 Å². The van der Waals surface area contributed by atoms with Gasteiger partial charge in [-0.1, -0.05) is 6.07 Å². The fourth-order valence-corrected chi connectivity index (χ4v) is 2.43. The van der Waals surface area contributed by atoms with Crippen LogP contribution in [-0.2, 0) is 4.79 Å². The maximum atomic E-state index is 13.1. The lowest BCUT2D eigenvalue weighted by Crippen LogP contribution is -2.58. The van der Waals surface area contributed by atoms with Crippen LogP contribution in [0.25, 0.3) is 0 Å². The Balaban J connectivity index is 2.16. The van der Waals surface area contributed by atoms with Gasteiger partial charge in [-0.05, 0) is 44.4 Å². The Morgan fingerprint density at radius 3 is 2.80 bits per heavy atom. The molecule has 0 spiro atoms. The van der Waals surface area contributed by atoms with Gasteiger partial charge in [0, 0.05) is 12.2 Å². The van der Waals surface area contributed by atoms with E-state index in [-0.39, 0.29) is 0 Å². The van der Waals surface area contributed by atoms with Crippen molar-refractivity contribution in [3.05, 3.63) is 30.1 Å². The molecule has 0 aromatic heterocycles. The Labute approximate surface area is 116 Å². The first-order valence-corrected chi connectivity index (χ1v) is 6.51. The lowest BCUT2D eigenvalue weighted by molar-refractivity contribution is -0.150. The monoisotopic (exact) mass is 280 g/mol. The van der Waals surface area contributed by atoms with E-state index < -0.39 is 23.4 Å². The molecule has 1 heterocycles. The molecule has 2 rings (SSSR count). The van der Waals surface area contributed by atoms with Crippen molar-refractivity contribution in [2.45, 2.75) is 31.7 Å². The summed E-state index contributed by atoms with van der Waals surface area (Å²) >= 11 is 0. The van der Waals surface area contributed by atoms with Crippen molar-refractivity contribution in [3.63, 3.8) is 0 Å². The number of urea groups is 1. The van der Waals surface area contributed by atoms with E-state index in [1.165, 1.54) is 23.1 Å². The SMILES string of the molecule is CC1(C(=O)O)CCCCN1C(=O)Nc1cccc(F)c1. The molecule has 1 aromatic rings. The molecule has 2 N–H and O–H groups in total. The molecule has 1 fully saturated rings. The Hall–Kier alpha value is -2.11. The van der Waals surface area contributed by atoms with Crippen molar-refractivity contribution >= 4 is 17.7 Å². The first kappa shape index (κ1) is 14.3. The van der Waals surface area contributed by atoms with Crippen molar-refractivity contribution in [2.75, 3.05) is 11.9 Å². The van der Waals surface area contributed by atoms with Crippen LogP contribution in [0.4, 0.5) is 14.9 Å². The van der Waals surface area contributed by atoms with Gasteiger partial charge in [0.1, 0.15) is 11.4 Å². The molecule has 0 bridgehead atoms. The van der Waals surface area contributed by atoms with Crippen LogP contribution in [0.2, 0.25) is 0 Å². The highest BCUT2D eigenvalue weighted by Gasteiger charge is 2.43. The van der Waals surface area contributed by atoms with Gasteiger partial charge < -0.3 is 15.3 Å². The molecule has 1 atom stereocenters. The third kappa shape index (κ3) is 2.74. The quantitative estimate of drug-likeness (QED) is 0.875. The van der Waals surface area contributed by atoms with Gasteiger partial charge in [0.2, 0.25) is 0 Å². The third-order valence-electron chi connectivity index (χ3n) is 3.67. The molecule has 1 aliphatic rings. The largest absolute Gasteiger partial charge is 0.480 e. The first-order chi connectivity index (χ1) is 9.43.